The van der Waals surface area contributed by atoms with Gasteiger partial charge in [-0.3, -0.25) is 9.59 Å². The largest absolute Gasteiger partial charge is 0.364 e. The molecule has 1 aromatic carbocycles. The Balaban J connectivity index is 2.80. The van der Waals surface area contributed by atoms with E-state index in [-0.39, 0.29) is 12.5 Å². The van der Waals surface area contributed by atoms with Crippen LogP contribution in [0.2, 0.25) is 5.02 Å². The minimum Gasteiger partial charge on any atom is -0.364 e. The molecule has 0 N–H and O–H groups in total. The van der Waals surface area contributed by atoms with Gasteiger partial charge in [-0.2, -0.15) is 0 Å². The molecule has 0 heterocycles. The smallest absolute Gasteiger partial charge is 0.242 e. The lowest BCUT2D eigenvalue weighted by Gasteiger charge is -2.25. The fourth-order valence-corrected chi connectivity index (χ4v) is 2.20. The second kappa shape index (κ2) is 7.14. The van der Waals surface area contributed by atoms with Gasteiger partial charge in [0, 0.05) is 25.7 Å². The van der Waals surface area contributed by atoms with Crippen LogP contribution in [0.4, 0.5) is 5.69 Å². The van der Waals surface area contributed by atoms with Crippen molar-refractivity contribution in [2.24, 2.45) is 0 Å². The molecule has 19 heavy (non-hydrogen) atoms. The average molecular weight is 283 g/mol. The number of aldehydes is 1. The third-order valence-electron chi connectivity index (χ3n) is 3.01. The van der Waals surface area contributed by atoms with E-state index in [9.17, 15) is 9.59 Å². The normalized spacial score (nSPS) is 10.1. The second-order valence-corrected chi connectivity index (χ2v) is 4.66. The summed E-state index contributed by atoms with van der Waals surface area (Å²) in [5.41, 5.74) is 1.27. The predicted octanol–water partition coefficient (Wildman–Crippen LogP) is 2.46. The molecular formula is C14H19ClN2O2. The zero-order chi connectivity index (χ0) is 14.4. The van der Waals surface area contributed by atoms with Crippen LogP contribution in [0.5, 0.6) is 0 Å². The summed E-state index contributed by atoms with van der Waals surface area (Å²) in [7, 11) is 1.81. The number of halogens is 1. The summed E-state index contributed by atoms with van der Waals surface area (Å²) in [4.78, 5) is 26.2. The van der Waals surface area contributed by atoms with Crippen molar-refractivity contribution in [3.63, 3.8) is 0 Å². The summed E-state index contributed by atoms with van der Waals surface area (Å²) >= 11 is 6.11. The molecule has 0 saturated heterocycles. The van der Waals surface area contributed by atoms with Crippen LogP contribution in [0, 0.1) is 0 Å². The zero-order valence-corrected chi connectivity index (χ0v) is 12.3. The minimum absolute atomic E-state index is 0.0584. The van der Waals surface area contributed by atoms with E-state index in [2.05, 4.69) is 0 Å². The number of hydrogen-bond acceptors (Lipinski definition) is 3. The molecule has 0 atom stereocenters. The molecule has 0 bridgehead atoms. The number of nitrogens with zero attached hydrogens (tertiary/aromatic N) is 2. The number of rotatable bonds is 6. The molecule has 0 saturated carbocycles. The lowest BCUT2D eigenvalue weighted by Crippen LogP contribution is -2.38. The van der Waals surface area contributed by atoms with Crippen LogP contribution in [0.1, 0.15) is 24.2 Å². The highest BCUT2D eigenvalue weighted by atomic mass is 35.5. The number of benzene rings is 1. The molecule has 0 aliphatic heterocycles. The number of likely N-dealkylation sites (N-methyl/N-ethyl adjacent to an activating group) is 2. The molecule has 4 nitrogen and oxygen atoms in total. The van der Waals surface area contributed by atoms with Crippen LogP contribution in [0.15, 0.2) is 18.2 Å². The van der Waals surface area contributed by atoms with Gasteiger partial charge in [0.05, 0.1) is 17.3 Å². The SMILES string of the molecule is CCN(CC)C(=O)CN(C)c1ccc(C=O)cc1Cl. The van der Waals surface area contributed by atoms with Crippen molar-refractivity contribution in [1.82, 2.24) is 4.90 Å². The molecule has 5 heteroatoms. The molecule has 0 aliphatic carbocycles. The quantitative estimate of drug-likeness (QED) is 0.753. The van der Waals surface area contributed by atoms with E-state index in [1.165, 1.54) is 0 Å². The van der Waals surface area contributed by atoms with Crippen molar-refractivity contribution in [1.29, 1.82) is 0 Å². The third kappa shape index (κ3) is 3.96. The predicted molar refractivity (Wildman–Crippen MR) is 78.0 cm³/mol. The summed E-state index contributed by atoms with van der Waals surface area (Å²) in [5.74, 6) is 0.0584. The zero-order valence-electron chi connectivity index (χ0n) is 11.5. The van der Waals surface area contributed by atoms with E-state index in [0.717, 1.165) is 12.0 Å². The maximum Gasteiger partial charge on any atom is 0.242 e. The Morgan fingerprint density at radius 1 is 1.32 bits per heavy atom. The molecule has 1 rings (SSSR count). The Hall–Kier alpha value is -1.55. The van der Waals surface area contributed by atoms with E-state index in [1.54, 1.807) is 28.0 Å². The van der Waals surface area contributed by atoms with Crippen LogP contribution in [0.25, 0.3) is 0 Å². The Bertz CT molecular complexity index is 459. The summed E-state index contributed by atoms with van der Waals surface area (Å²) in [6, 6.07) is 5.04. The van der Waals surface area contributed by atoms with Gasteiger partial charge in [0.25, 0.3) is 0 Å². The Morgan fingerprint density at radius 3 is 2.42 bits per heavy atom. The Kier molecular flexibility index (Phi) is 5.83. The molecule has 0 aromatic heterocycles. The Labute approximate surface area is 118 Å². The van der Waals surface area contributed by atoms with Gasteiger partial charge in [0.15, 0.2) is 0 Å². The molecular weight excluding hydrogens is 264 g/mol. The molecule has 0 spiro atoms. The molecule has 0 radical (unpaired) electrons. The maximum atomic E-state index is 12.0. The maximum absolute atomic E-state index is 12.0. The van der Waals surface area contributed by atoms with E-state index in [0.29, 0.717) is 23.7 Å². The number of hydrogen-bond donors (Lipinski definition) is 0. The third-order valence-corrected chi connectivity index (χ3v) is 3.31. The van der Waals surface area contributed by atoms with Gasteiger partial charge < -0.3 is 9.80 Å². The highest BCUT2D eigenvalue weighted by molar-refractivity contribution is 6.33. The molecule has 104 valence electrons. The van der Waals surface area contributed by atoms with E-state index in [4.69, 9.17) is 11.6 Å². The van der Waals surface area contributed by atoms with Crippen molar-refractivity contribution in [2.45, 2.75) is 13.8 Å². The van der Waals surface area contributed by atoms with Crippen molar-refractivity contribution in [2.75, 3.05) is 31.6 Å². The van der Waals surface area contributed by atoms with Crippen LogP contribution in [-0.4, -0.2) is 43.8 Å². The van der Waals surface area contributed by atoms with Gasteiger partial charge in [-0.1, -0.05) is 11.6 Å². The first-order chi connectivity index (χ1) is 9.03. The standard InChI is InChI=1S/C14H19ClN2O2/c1-4-17(5-2)14(19)9-16(3)13-7-6-11(10-18)8-12(13)15/h6-8,10H,4-5,9H2,1-3H3. The van der Waals surface area contributed by atoms with Gasteiger partial charge >= 0.3 is 0 Å². The van der Waals surface area contributed by atoms with E-state index < -0.39 is 0 Å². The molecule has 0 unspecified atom stereocenters. The van der Waals surface area contributed by atoms with Gasteiger partial charge in [0.2, 0.25) is 5.91 Å². The summed E-state index contributed by atoms with van der Waals surface area (Å²) in [6.45, 7) is 5.56. The van der Waals surface area contributed by atoms with Crippen LogP contribution >= 0.6 is 11.6 Å². The fourth-order valence-electron chi connectivity index (χ4n) is 1.87. The second-order valence-electron chi connectivity index (χ2n) is 4.25. The first kappa shape index (κ1) is 15.5. The minimum atomic E-state index is 0.0584. The van der Waals surface area contributed by atoms with Gasteiger partial charge in [-0.05, 0) is 32.0 Å². The summed E-state index contributed by atoms with van der Waals surface area (Å²) in [5, 5.41) is 0.472. The van der Waals surface area contributed by atoms with E-state index in [1.807, 2.05) is 20.9 Å². The summed E-state index contributed by atoms with van der Waals surface area (Å²) < 4.78 is 0. The lowest BCUT2D eigenvalue weighted by atomic mass is 10.2. The lowest BCUT2D eigenvalue weighted by molar-refractivity contribution is -0.129. The van der Waals surface area contributed by atoms with Crippen LogP contribution in [0.3, 0.4) is 0 Å². The average Bonchev–Trinajstić information content (AvgIpc) is 2.39. The van der Waals surface area contributed by atoms with Crippen molar-refractivity contribution >= 4 is 29.5 Å². The molecule has 1 amide bonds. The van der Waals surface area contributed by atoms with Crippen molar-refractivity contribution in [3.05, 3.63) is 28.8 Å². The highest BCUT2D eigenvalue weighted by Crippen LogP contribution is 2.25. The van der Waals surface area contributed by atoms with Gasteiger partial charge in [-0.25, -0.2) is 0 Å². The van der Waals surface area contributed by atoms with Crippen molar-refractivity contribution in [3.8, 4) is 0 Å². The highest BCUT2D eigenvalue weighted by Gasteiger charge is 2.14. The Morgan fingerprint density at radius 2 is 1.95 bits per heavy atom. The van der Waals surface area contributed by atoms with Crippen LogP contribution in [-0.2, 0) is 4.79 Å². The molecule has 0 aliphatic rings. The number of carbonyl (C=O) groups is 2. The number of carbonyl (C=O) groups excluding carboxylic acids is 2. The van der Waals surface area contributed by atoms with Gasteiger partial charge in [-0.15, -0.1) is 0 Å². The first-order valence-electron chi connectivity index (χ1n) is 6.27. The topological polar surface area (TPSA) is 40.6 Å². The van der Waals surface area contributed by atoms with E-state index >= 15 is 0 Å². The summed E-state index contributed by atoms with van der Waals surface area (Å²) in [6.07, 6.45) is 0.747. The number of amides is 1. The molecule has 0 fully saturated rings. The van der Waals surface area contributed by atoms with Crippen molar-refractivity contribution < 1.29 is 9.59 Å². The monoisotopic (exact) mass is 282 g/mol. The number of anilines is 1. The van der Waals surface area contributed by atoms with Gasteiger partial charge in [0.1, 0.15) is 6.29 Å². The molecule has 1 aromatic rings. The fraction of sp³-hybridized carbons (Fsp3) is 0.429. The van der Waals surface area contributed by atoms with Crippen LogP contribution < -0.4 is 4.90 Å². The first-order valence-corrected chi connectivity index (χ1v) is 6.64.